The summed E-state index contributed by atoms with van der Waals surface area (Å²) in [5.74, 6) is -4.20. The molecule has 1 N–H and O–H groups in total. The number of rotatable bonds is 3. The van der Waals surface area contributed by atoms with Crippen LogP contribution in [0.5, 0.6) is 0 Å². The van der Waals surface area contributed by atoms with Crippen LogP contribution < -0.4 is 0 Å². The predicted molar refractivity (Wildman–Crippen MR) is 123 cm³/mol. The number of carbonyl (C=O) groups is 4. The van der Waals surface area contributed by atoms with Crippen LogP contribution in [-0.2, 0) is 47.6 Å². The zero-order valence-corrected chi connectivity index (χ0v) is 22.1. The predicted octanol–water partition coefficient (Wildman–Crippen LogP) is 1.21. The fourth-order valence-corrected chi connectivity index (χ4v) is 7.45. The molecule has 0 aromatic heterocycles. The van der Waals surface area contributed by atoms with Gasteiger partial charge in [-0.25, -0.2) is 0 Å². The molecule has 11 nitrogen and oxygen atoms in total. The molecule has 0 aromatic carbocycles. The summed E-state index contributed by atoms with van der Waals surface area (Å²) in [6.45, 7) is 9.36. The summed E-state index contributed by atoms with van der Waals surface area (Å²) in [6.07, 6.45) is -2.95. The van der Waals surface area contributed by atoms with Crippen molar-refractivity contribution >= 4 is 23.9 Å². The third-order valence-corrected chi connectivity index (χ3v) is 9.50. The Labute approximate surface area is 215 Å². The first-order valence-corrected chi connectivity index (χ1v) is 13.0. The maximum atomic E-state index is 12.9. The summed E-state index contributed by atoms with van der Waals surface area (Å²) in [5.41, 5.74) is -4.75. The van der Waals surface area contributed by atoms with Gasteiger partial charge in [-0.15, -0.1) is 0 Å². The number of esters is 4. The SMILES string of the molecule is CC(=O)OC1[C@H]2[C@@]3(CC[C@H](OC(C)=O)[C@]2(C)[C@@H](OC(C)=O)CC[C@@]2(C)O[C@H]2[C@@H]2OC(=O)[C@H](C)[C@@]12O)CO3. The molecule has 3 saturated heterocycles. The van der Waals surface area contributed by atoms with Crippen molar-refractivity contribution in [2.75, 3.05) is 6.61 Å². The Morgan fingerprint density at radius 3 is 1.97 bits per heavy atom. The number of aliphatic hydroxyl groups is 1. The second-order valence-corrected chi connectivity index (χ2v) is 11.8. The first kappa shape index (κ1) is 26.4. The van der Waals surface area contributed by atoms with Crippen molar-refractivity contribution in [3.63, 3.8) is 0 Å². The molecule has 37 heavy (non-hydrogen) atoms. The summed E-state index contributed by atoms with van der Waals surface area (Å²) < 4.78 is 35.5. The fraction of sp³-hybridized carbons (Fsp3) is 0.846. The van der Waals surface area contributed by atoms with E-state index in [1.54, 1.807) is 0 Å². The Morgan fingerprint density at radius 2 is 1.46 bits per heavy atom. The van der Waals surface area contributed by atoms with Gasteiger partial charge in [0, 0.05) is 26.7 Å². The van der Waals surface area contributed by atoms with E-state index < -0.39 is 88.5 Å². The van der Waals surface area contributed by atoms with Crippen LogP contribution in [0.1, 0.15) is 67.2 Å². The van der Waals surface area contributed by atoms with E-state index in [0.717, 1.165) is 0 Å². The van der Waals surface area contributed by atoms with Crippen LogP contribution in [-0.4, -0.2) is 82.9 Å². The molecule has 0 aromatic rings. The van der Waals surface area contributed by atoms with E-state index in [4.69, 9.17) is 28.4 Å². The van der Waals surface area contributed by atoms with Gasteiger partial charge in [0.2, 0.25) is 0 Å². The highest BCUT2D eigenvalue weighted by Gasteiger charge is 2.78. The Morgan fingerprint density at radius 1 is 0.919 bits per heavy atom. The second kappa shape index (κ2) is 8.38. The van der Waals surface area contributed by atoms with Crippen molar-refractivity contribution in [1.82, 2.24) is 0 Å². The minimum absolute atomic E-state index is 0.312. The van der Waals surface area contributed by atoms with E-state index in [1.165, 1.54) is 27.7 Å². The number of ether oxygens (including phenoxy) is 6. The van der Waals surface area contributed by atoms with E-state index >= 15 is 0 Å². The van der Waals surface area contributed by atoms with Gasteiger partial charge in [0.05, 0.1) is 29.1 Å². The number of carbonyl (C=O) groups excluding carboxylic acids is 4. The van der Waals surface area contributed by atoms with E-state index in [-0.39, 0.29) is 0 Å². The largest absolute Gasteiger partial charge is 0.462 e. The van der Waals surface area contributed by atoms with Gasteiger partial charge in [0.15, 0.2) is 11.7 Å². The van der Waals surface area contributed by atoms with Gasteiger partial charge in [0.1, 0.15) is 24.4 Å². The summed E-state index contributed by atoms with van der Waals surface area (Å²) in [6, 6.07) is 0. The highest BCUT2D eigenvalue weighted by Crippen LogP contribution is 2.64. The van der Waals surface area contributed by atoms with Crippen molar-refractivity contribution < 1.29 is 52.7 Å². The molecule has 2 saturated carbocycles. The molecule has 3 aliphatic heterocycles. The molecular weight excluding hydrogens is 488 g/mol. The lowest BCUT2D eigenvalue weighted by Gasteiger charge is -2.56. The van der Waals surface area contributed by atoms with Crippen molar-refractivity contribution in [3.05, 3.63) is 0 Å². The monoisotopic (exact) mass is 524 g/mol. The Hall–Kier alpha value is -2.24. The molecule has 5 aliphatic rings. The van der Waals surface area contributed by atoms with E-state index in [9.17, 15) is 24.3 Å². The summed E-state index contributed by atoms with van der Waals surface area (Å²) >= 11 is 0. The van der Waals surface area contributed by atoms with Crippen LogP contribution in [0, 0.1) is 17.3 Å². The lowest BCUT2D eigenvalue weighted by Crippen LogP contribution is -2.70. The van der Waals surface area contributed by atoms with Crippen LogP contribution >= 0.6 is 0 Å². The molecule has 5 rings (SSSR count). The number of epoxide rings is 2. The van der Waals surface area contributed by atoms with Crippen molar-refractivity contribution in [2.24, 2.45) is 17.3 Å². The number of hydrogen-bond donors (Lipinski definition) is 1. The first-order valence-electron chi connectivity index (χ1n) is 13.0. The Bertz CT molecular complexity index is 1020. The van der Waals surface area contributed by atoms with Crippen molar-refractivity contribution in [1.29, 1.82) is 0 Å². The summed E-state index contributed by atoms with van der Waals surface area (Å²) in [4.78, 5) is 50.1. The normalized spacial score (nSPS) is 50.0. The zero-order valence-electron chi connectivity index (χ0n) is 22.1. The zero-order chi connectivity index (χ0) is 27.1. The van der Waals surface area contributed by atoms with E-state index in [0.29, 0.717) is 32.3 Å². The van der Waals surface area contributed by atoms with Crippen LogP contribution in [0.2, 0.25) is 0 Å². The molecule has 5 fully saturated rings. The van der Waals surface area contributed by atoms with Crippen LogP contribution in [0.3, 0.4) is 0 Å². The summed E-state index contributed by atoms with van der Waals surface area (Å²) in [7, 11) is 0. The molecular formula is C26H36O11. The lowest BCUT2D eigenvalue weighted by atomic mass is 9.52. The lowest BCUT2D eigenvalue weighted by molar-refractivity contribution is -0.246. The van der Waals surface area contributed by atoms with E-state index in [1.807, 2.05) is 13.8 Å². The molecule has 0 radical (unpaired) electrons. The van der Waals surface area contributed by atoms with Gasteiger partial charge >= 0.3 is 23.9 Å². The standard InChI is InChI=1S/C26H36O11/c1-12-22(30)36-21-20-23(5,37-20)9-7-16(33-13(2)27)24(6)17(34-14(3)28)8-10-25(11-32-25)18(24)19(26(12,21)31)35-15(4)29/h12,16-21,31H,7-11H2,1-6H3/t12-,16-,17-,18+,19?,20-,21-,23+,24-,25+,26+/m0/s1. The van der Waals surface area contributed by atoms with Gasteiger partial charge in [-0.2, -0.15) is 0 Å². The molecule has 1 unspecified atom stereocenters. The van der Waals surface area contributed by atoms with Crippen molar-refractivity contribution in [3.8, 4) is 0 Å². The molecule has 2 aliphatic carbocycles. The highest BCUT2D eigenvalue weighted by molar-refractivity contribution is 5.77. The van der Waals surface area contributed by atoms with Crippen LogP contribution in [0.4, 0.5) is 0 Å². The second-order valence-electron chi connectivity index (χ2n) is 11.8. The third kappa shape index (κ3) is 3.87. The minimum Gasteiger partial charge on any atom is -0.462 e. The van der Waals surface area contributed by atoms with Gasteiger partial charge < -0.3 is 33.5 Å². The van der Waals surface area contributed by atoms with E-state index in [2.05, 4.69) is 0 Å². The van der Waals surface area contributed by atoms with Gasteiger partial charge in [0.25, 0.3) is 0 Å². The number of fused-ring (bicyclic) bond motifs is 5. The Kier molecular flexibility index (Phi) is 5.97. The smallest absolute Gasteiger partial charge is 0.312 e. The molecule has 3 heterocycles. The van der Waals surface area contributed by atoms with Gasteiger partial charge in [-0.1, -0.05) is 6.92 Å². The molecule has 1 spiro atoms. The third-order valence-electron chi connectivity index (χ3n) is 9.50. The Balaban J connectivity index is 1.75. The molecule has 206 valence electrons. The highest BCUT2D eigenvalue weighted by atomic mass is 16.7. The number of hydrogen-bond acceptors (Lipinski definition) is 11. The van der Waals surface area contributed by atoms with Gasteiger partial charge in [-0.05, 0) is 39.5 Å². The van der Waals surface area contributed by atoms with Gasteiger partial charge in [-0.3, -0.25) is 19.2 Å². The quantitative estimate of drug-likeness (QED) is 0.322. The molecule has 0 bridgehead atoms. The molecule has 11 heteroatoms. The minimum atomic E-state index is -1.98. The maximum absolute atomic E-state index is 12.9. The average molecular weight is 525 g/mol. The maximum Gasteiger partial charge on any atom is 0.312 e. The van der Waals surface area contributed by atoms with Crippen LogP contribution in [0.15, 0.2) is 0 Å². The fourth-order valence-electron chi connectivity index (χ4n) is 7.45. The molecule has 0 amide bonds. The first-order chi connectivity index (χ1) is 17.2. The topological polar surface area (TPSA) is 150 Å². The summed E-state index contributed by atoms with van der Waals surface area (Å²) in [5, 5.41) is 12.5. The average Bonchev–Trinajstić information content (AvgIpc) is 3.69. The molecule has 11 atom stereocenters. The van der Waals surface area contributed by atoms with Crippen LogP contribution in [0.25, 0.3) is 0 Å². The van der Waals surface area contributed by atoms with Crippen molar-refractivity contribution in [2.45, 2.75) is 115 Å².